The van der Waals surface area contributed by atoms with Crippen molar-refractivity contribution in [1.29, 1.82) is 0 Å². The zero-order chi connectivity index (χ0) is 14.6. The Hall–Kier alpha value is -2.15. The Bertz CT molecular complexity index is 519. The first-order valence-corrected chi connectivity index (χ1v) is 5.69. The van der Waals surface area contributed by atoms with E-state index in [-0.39, 0.29) is 0 Å². The lowest BCUT2D eigenvalue weighted by Gasteiger charge is -2.09. The summed E-state index contributed by atoms with van der Waals surface area (Å²) in [4.78, 5) is 22.2. The Morgan fingerprint density at radius 1 is 1.47 bits per heavy atom. The second-order valence-electron chi connectivity index (χ2n) is 4.12. The number of carboxylic acid groups (broad SMARTS) is 1. The fourth-order valence-electron chi connectivity index (χ4n) is 1.60. The highest BCUT2D eigenvalue weighted by Gasteiger charge is 2.17. The van der Waals surface area contributed by atoms with Crippen molar-refractivity contribution in [2.75, 3.05) is 6.61 Å². The van der Waals surface area contributed by atoms with Crippen molar-refractivity contribution in [2.24, 2.45) is 7.05 Å². The third-order valence-electron chi connectivity index (χ3n) is 2.76. The van der Waals surface area contributed by atoms with Crippen molar-refractivity contribution in [2.45, 2.75) is 19.9 Å². The van der Waals surface area contributed by atoms with E-state index < -0.39 is 24.5 Å². The summed E-state index contributed by atoms with van der Waals surface area (Å²) in [6.07, 6.45) is 2.80. The van der Waals surface area contributed by atoms with Gasteiger partial charge in [0, 0.05) is 24.4 Å². The number of aryl methyl sites for hydroxylation is 2. The fraction of sp³-hybridized carbons (Fsp3) is 0.417. The molecule has 104 valence electrons. The molecule has 1 aromatic rings. The molecule has 7 nitrogen and oxygen atoms in total. The number of carbonyl (C=O) groups excluding carboxylic acids is 1. The first-order valence-electron chi connectivity index (χ1n) is 5.69. The SMILES string of the molecule is Cc1nn(C)c(C)c1/C=C/C(=O)N[C@@H](CO)C(=O)O. The van der Waals surface area contributed by atoms with Crippen LogP contribution in [0, 0.1) is 13.8 Å². The zero-order valence-electron chi connectivity index (χ0n) is 11.0. The van der Waals surface area contributed by atoms with Crippen molar-refractivity contribution in [3.63, 3.8) is 0 Å². The van der Waals surface area contributed by atoms with Crippen LogP contribution in [-0.2, 0) is 16.6 Å². The van der Waals surface area contributed by atoms with Crippen LogP contribution in [0.1, 0.15) is 17.0 Å². The van der Waals surface area contributed by atoms with Gasteiger partial charge < -0.3 is 15.5 Å². The molecule has 0 bridgehead atoms. The number of aliphatic hydroxyl groups is 1. The number of rotatable bonds is 5. The van der Waals surface area contributed by atoms with Gasteiger partial charge in [0.2, 0.25) is 5.91 Å². The zero-order valence-corrected chi connectivity index (χ0v) is 11.0. The maximum atomic E-state index is 11.5. The van der Waals surface area contributed by atoms with Crippen LogP contribution in [0.2, 0.25) is 0 Å². The van der Waals surface area contributed by atoms with Crippen molar-refractivity contribution >= 4 is 18.0 Å². The Balaban J connectivity index is 2.76. The van der Waals surface area contributed by atoms with E-state index in [2.05, 4.69) is 10.4 Å². The number of aliphatic carboxylic acids is 1. The molecule has 7 heteroatoms. The number of aromatic nitrogens is 2. The van der Waals surface area contributed by atoms with Crippen LogP contribution < -0.4 is 5.32 Å². The molecule has 1 aromatic heterocycles. The van der Waals surface area contributed by atoms with E-state index >= 15 is 0 Å². The number of carboxylic acids is 1. The monoisotopic (exact) mass is 267 g/mol. The summed E-state index contributed by atoms with van der Waals surface area (Å²) in [5.41, 5.74) is 2.49. The molecule has 1 rings (SSSR count). The number of nitrogens with zero attached hydrogens (tertiary/aromatic N) is 2. The topological polar surface area (TPSA) is 104 Å². The second kappa shape index (κ2) is 6.14. The van der Waals surface area contributed by atoms with Gasteiger partial charge in [-0.05, 0) is 19.9 Å². The molecule has 3 N–H and O–H groups in total. The van der Waals surface area contributed by atoms with Crippen LogP contribution in [0.25, 0.3) is 6.08 Å². The summed E-state index contributed by atoms with van der Waals surface area (Å²) < 4.78 is 1.70. The van der Waals surface area contributed by atoms with Gasteiger partial charge in [0.1, 0.15) is 0 Å². The molecule has 0 spiro atoms. The van der Waals surface area contributed by atoms with Crippen LogP contribution in [0.5, 0.6) is 0 Å². The molecule has 0 fully saturated rings. The lowest BCUT2D eigenvalue weighted by atomic mass is 10.2. The van der Waals surface area contributed by atoms with Crippen LogP contribution in [0.4, 0.5) is 0 Å². The quantitative estimate of drug-likeness (QED) is 0.630. The summed E-state index contributed by atoms with van der Waals surface area (Å²) in [6.45, 7) is 3.03. The third kappa shape index (κ3) is 3.65. The van der Waals surface area contributed by atoms with Gasteiger partial charge in [0.05, 0.1) is 12.3 Å². The molecule has 0 radical (unpaired) electrons. The highest BCUT2D eigenvalue weighted by Crippen LogP contribution is 2.13. The maximum Gasteiger partial charge on any atom is 0.328 e. The van der Waals surface area contributed by atoms with Crippen LogP contribution >= 0.6 is 0 Å². The molecule has 1 heterocycles. The molecule has 0 aliphatic heterocycles. The number of carbonyl (C=O) groups is 2. The number of amides is 1. The van der Waals surface area contributed by atoms with Gasteiger partial charge in [0.25, 0.3) is 0 Å². The molecule has 0 unspecified atom stereocenters. The minimum atomic E-state index is -1.30. The molecule has 0 saturated heterocycles. The average Bonchev–Trinajstić information content (AvgIpc) is 2.58. The van der Waals surface area contributed by atoms with Gasteiger partial charge in [-0.3, -0.25) is 9.48 Å². The summed E-state index contributed by atoms with van der Waals surface area (Å²) in [5, 5.41) is 23.8. The molecule has 0 saturated carbocycles. The molecule has 1 atom stereocenters. The van der Waals surface area contributed by atoms with E-state index in [4.69, 9.17) is 10.2 Å². The summed E-state index contributed by atoms with van der Waals surface area (Å²) in [7, 11) is 1.80. The minimum absolute atomic E-state index is 0.580. The first kappa shape index (κ1) is 14.9. The predicted octanol–water partition coefficient (Wildman–Crippen LogP) is -0.388. The minimum Gasteiger partial charge on any atom is -0.480 e. The van der Waals surface area contributed by atoms with Crippen molar-refractivity contribution < 1.29 is 19.8 Å². The van der Waals surface area contributed by atoms with Crippen molar-refractivity contribution in [3.05, 3.63) is 23.0 Å². The number of nitrogens with one attached hydrogen (secondary N) is 1. The molecular weight excluding hydrogens is 250 g/mol. The van der Waals surface area contributed by atoms with Gasteiger partial charge in [-0.2, -0.15) is 5.10 Å². The lowest BCUT2D eigenvalue weighted by Crippen LogP contribution is -2.42. The van der Waals surface area contributed by atoms with Gasteiger partial charge >= 0.3 is 5.97 Å². The first-order chi connectivity index (χ1) is 8.86. The summed E-state index contributed by atoms with van der Waals surface area (Å²) >= 11 is 0. The van der Waals surface area contributed by atoms with Crippen LogP contribution in [-0.4, -0.2) is 44.5 Å². The number of hydrogen-bond acceptors (Lipinski definition) is 4. The van der Waals surface area contributed by atoms with E-state index in [0.717, 1.165) is 17.0 Å². The summed E-state index contributed by atoms with van der Waals surface area (Å²) in [5.74, 6) is -1.86. The van der Waals surface area contributed by atoms with E-state index in [9.17, 15) is 9.59 Å². The molecule has 0 aliphatic rings. The highest BCUT2D eigenvalue weighted by atomic mass is 16.4. The van der Waals surface area contributed by atoms with E-state index in [1.54, 1.807) is 17.8 Å². The predicted molar refractivity (Wildman–Crippen MR) is 68.4 cm³/mol. The number of hydrogen-bond donors (Lipinski definition) is 3. The summed E-state index contributed by atoms with van der Waals surface area (Å²) in [6, 6.07) is -1.30. The van der Waals surface area contributed by atoms with E-state index in [1.165, 1.54) is 6.08 Å². The maximum absolute atomic E-state index is 11.5. The normalized spacial score (nSPS) is 12.6. The smallest absolute Gasteiger partial charge is 0.328 e. The Kier molecular flexibility index (Phi) is 4.82. The third-order valence-corrected chi connectivity index (χ3v) is 2.76. The largest absolute Gasteiger partial charge is 0.480 e. The Morgan fingerprint density at radius 2 is 2.11 bits per heavy atom. The van der Waals surface area contributed by atoms with Gasteiger partial charge in [-0.15, -0.1) is 0 Å². The van der Waals surface area contributed by atoms with Gasteiger partial charge in [-0.1, -0.05) is 0 Å². The standard InChI is InChI=1S/C12H17N3O4/c1-7-9(8(2)15(3)14-7)4-5-11(17)13-10(6-16)12(18)19/h4-5,10,16H,6H2,1-3H3,(H,13,17)(H,18,19)/b5-4+/t10-/m0/s1. The van der Waals surface area contributed by atoms with Crippen molar-refractivity contribution in [3.8, 4) is 0 Å². The molecular formula is C12H17N3O4. The fourth-order valence-corrected chi connectivity index (χ4v) is 1.60. The van der Waals surface area contributed by atoms with E-state index in [1.807, 2.05) is 13.8 Å². The average molecular weight is 267 g/mol. The molecule has 1 amide bonds. The van der Waals surface area contributed by atoms with Crippen LogP contribution in [0.15, 0.2) is 6.08 Å². The van der Waals surface area contributed by atoms with Gasteiger partial charge in [0.15, 0.2) is 6.04 Å². The lowest BCUT2D eigenvalue weighted by molar-refractivity contribution is -0.142. The van der Waals surface area contributed by atoms with Crippen molar-refractivity contribution in [1.82, 2.24) is 15.1 Å². The molecule has 0 aromatic carbocycles. The second-order valence-corrected chi connectivity index (χ2v) is 4.12. The molecule has 19 heavy (non-hydrogen) atoms. The molecule has 0 aliphatic carbocycles. The Morgan fingerprint density at radius 3 is 2.53 bits per heavy atom. The number of aliphatic hydroxyl groups excluding tert-OH is 1. The Labute approximate surface area is 110 Å². The van der Waals surface area contributed by atoms with Gasteiger partial charge in [-0.25, -0.2) is 4.79 Å². The van der Waals surface area contributed by atoms with Crippen LogP contribution in [0.3, 0.4) is 0 Å². The van der Waals surface area contributed by atoms with E-state index in [0.29, 0.717) is 0 Å². The highest BCUT2D eigenvalue weighted by molar-refractivity contribution is 5.94.